The molecule has 0 spiro atoms. The predicted octanol–water partition coefficient (Wildman–Crippen LogP) is 2.68. The van der Waals surface area contributed by atoms with Gasteiger partial charge in [0.25, 0.3) is 5.56 Å². The van der Waals surface area contributed by atoms with Crippen LogP contribution in [0.15, 0.2) is 59.4 Å². The molecular weight excluding hydrogens is 423 g/mol. The highest BCUT2D eigenvalue weighted by molar-refractivity contribution is 5.96. The second-order valence-electron chi connectivity index (χ2n) is 8.35. The molecule has 0 bridgehead atoms. The van der Waals surface area contributed by atoms with E-state index in [4.69, 9.17) is 0 Å². The van der Waals surface area contributed by atoms with Crippen LogP contribution in [0.5, 0.6) is 5.75 Å². The third kappa shape index (κ3) is 5.35. The fourth-order valence-electron chi connectivity index (χ4n) is 4.01. The van der Waals surface area contributed by atoms with Gasteiger partial charge in [0.15, 0.2) is 11.5 Å². The Bertz CT molecular complexity index is 1180. The Morgan fingerprint density at radius 2 is 1.85 bits per heavy atom. The first-order valence-corrected chi connectivity index (χ1v) is 11.0. The average Bonchev–Trinajstić information content (AvgIpc) is 2.98. The Morgan fingerprint density at radius 3 is 2.58 bits per heavy atom. The van der Waals surface area contributed by atoms with Crippen LogP contribution in [-0.2, 0) is 19.5 Å². The Morgan fingerprint density at radius 1 is 1.12 bits per heavy atom. The topological polar surface area (TPSA) is 87.5 Å². The second kappa shape index (κ2) is 10.1. The smallest absolute Gasteiger partial charge is 0.296 e. The summed E-state index contributed by atoms with van der Waals surface area (Å²) in [5.74, 6) is -0.934. The number of carbonyl (C=O) groups is 1. The van der Waals surface area contributed by atoms with Crippen molar-refractivity contribution in [3.05, 3.63) is 93.4 Å². The lowest BCUT2D eigenvalue weighted by Crippen LogP contribution is -2.34. The number of benzene rings is 2. The number of carbonyl (C=O) groups excluding carboxylic acids is 1. The highest BCUT2D eigenvalue weighted by atomic mass is 19.1. The van der Waals surface area contributed by atoms with E-state index in [-0.39, 0.29) is 24.0 Å². The molecule has 2 aromatic carbocycles. The minimum atomic E-state index is -0.616. The van der Waals surface area contributed by atoms with E-state index in [1.807, 2.05) is 37.4 Å². The number of aromatic nitrogens is 2. The van der Waals surface area contributed by atoms with Crippen molar-refractivity contribution < 1.29 is 14.3 Å². The number of rotatable bonds is 7. The van der Waals surface area contributed by atoms with Crippen molar-refractivity contribution >= 4 is 5.78 Å². The highest BCUT2D eigenvalue weighted by Crippen LogP contribution is 2.21. The first kappa shape index (κ1) is 22.8. The molecule has 0 fully saturated rings. The van der Waals surface area contributed by atoms with Crippen molar-refractivity contribution in [3.63, 3.8) is 0 Å². The van der Waals surface area contributed by atoms with Gasteiger partial charge in [0.05, 0.1) is 6.04 Å². The van der Waals surface area contributed by atoms with Gasteiger partial charge in [-0.1, -0.05) is 42.5 Å². The number of nitrogens with zero attached hydrogens (tertiary/aromatic N) is 3. The van der Waals surface area contributed by atoms with Gasteiger partial charge in [-0.05, 0) is 36.7 Å². The fourth-order valence-corrected chi connectivity index (χ4v) is 4.01. The van der Waals surface area contributed by atoms with E-state index >= 15 is 0 Å². The minimum absolute atomic E-state index is 0.0527. The summed E-state index contributed by atoms with van der Waals surface area (Å²) >= 11 is 0. The van der Waals surface area contributed by atoms with E-state index in [0.717, 1.165) is 11.1 Å². The molecule has 4 rings (SSSR count). The molecule has 0 aliphatic carbocycles. The van der Waals surface area contributed by atoms with Crippen LogP contribution in [0.1, 0.15) is 39.9 Å². The van der Waals surface area contributed by atoms with Gasteiger partial charge >= 0.3 is 0 Å². The number of halogens is 1. The maximum atomic E-state index is 13.1. The molecule has 1 unspecified atom stereocenters. The zero-order valence-corrected chi connectivity index (χ0v) is 18.5. The largest absolute Gasteiger partial charge is 0.501 e. The maximum absolute atomic E-state index is 13.1. The molecule has 33 heavy (non-hydrogen) atoms. The van der Waals surface area contributed by atoms with Gasteiger partial charge in [-0.15, -0.1) is 0 Å². The first-order valence-electron chi connectivity index (χ1n) is 11.0. The molecule has 3 aromatic rings. The summed E-state index contributed by atoms with van der Waals surface area (Å²) in [5, 5.41) is 14.0. The summed E-state index contributed by atoms with van der Waals surface area (Å²) in [6, 6.07) is 15.5. The molecule has 1 aliphatic rings. The van der Waals surface area contributed by atoms with Gasteiger partial charge in [0.1, 0.15) is 11.6 Å². The number of ketones is 1. The van der Waals surface area contributed by atoms with Crippen LogP contribution in [0.25, 0.3) is 0 Å². The van der Waals surface area contributed by atoms with E-state index in [1.54, 1.807) is 12.1 Å². The zero-order chi connectivity index (χ0) is 23.4. The van der Waals surface area contributed by atoms with E-state index < -0.39 is 17.1 Å². The van der Waals surface area contributed by atoms with E-state index in [2.05, 4.69) is 15.2 Å². The van der Waals surface area contributed by atoms with Gasteiger partial charge in [-0.2, -0.15) is 0 Å². The Labute approximate surface area is 191 Å². The normalized spacial score (nSPS) is 16.2. The molecule has 8 heteroatoms. The van der Waals surface area contributed by atoms with Gasteiger partial charge in [-0.3, -0.25) is 14.2 Å². The van der Waals surface area contributed by atoms with Gasteiger partial charge in [0.2, 0.25) is 5.75 Å². The summed E-state index contributed by atoms with van der Waals surface area (Å²) in [4.78, 5) is 32.5. The molecular formula is C25H27FN4O3. The van der Waals surface area contributed by atoms with Crippen LogP contribution in [0, 0.1) is 5.82 Å². The predicted molar refractivity (Wildman–Crippen MR) is 123 cm³/mol. The minimum Gasteiger partial charge on any atom is -0.501 e. The Kier molecular flexibility index (Phi) is 6.96. The molecule has 172 valence electrons. The summed E-state index contributed by atoms with van der Waals surface area (Å²) in [6.07, 6.45) is 0.411. The van der Waals surface area contributed by atoms with Gasteiger partial charge < -0.3 is 15.3 Å². The number of aromatic hydroxyl groups is 1. The van der Waals surface area contributed by atoms with Crippen LogP contribution in [0.2, 0.25) is 0 Å². The number of fused-ring (bicyclic) bond motifs is 1. The van der Waals surface area contributed by atoms with Crippen LogP contribution in [0.3, 0.4) is 0 Å². The SMILES string of the molecule is CN1CCn2c(nc(C(=O)CCc3ccc(F)cc3)c(O)c2=O)C(NCc2ccccc2)C1. The number of aryl methyl sites for hydroxylation is 1. The molecule has 2 heterocycles. The van der Waals surface area contributed by atoms with Crippen molar-refractivity contribution in [1.29, 1.82) is 0 Å². The molecule has 0 saturated carbocycles. The highest BCUT2D eigenvalue weighted by Gasteiger charge is 2.28. The standard InChI is InChI=1S/C25H27FN4O3/c1-29-13-14-30-24(20(16-29)27-15-18-5-3-2-4-6-18)28-22(23(32)25(30)33)21(31)12-9-17-7-10-19(26)11-8-17/h2-8,10-11,20,27,32H,9,12-16H2,1H3. The average molecular weight is 451 g/mol. The number of nitrogens with one attached hydrogen (secondary N) is 1. The second-order valence-corrected chi connectivity index (χ2v) is 8.35. The van der Waals surface area contributed by atoms with Gasteiger partial charge in [0, 0.05) is 32.6 Å². The first-order chi connectivity index (χ1) is 15.9. The third-order valence-electron chi connectivity index (χ3n) is 5.90. The van der Waals surface area contributed by atoms with Crippen molar-refractivity contribution in [2.24, 2.45) is 0 Å². The van der Waals surface area contributed by atoms with E-state index in [1.165, 1.54) is 16.7 Å². The third-order valence-corrected chi connectivity index (χ3v) is 5.90. The van der Waals surface area contributed by atoms with Crippen molar-refractivity contribution in [2.45, 2.75) is 32.0 Å². The Hall–Kier alpha value is -3.36. The fraction of sp³-hybridized carbons (Fsp3) is 0.320. The quantitative estimate of drug-likeness (QED) is 0.538. The summed E-state index contributed by atoms with van der Waals surface area (Å²) in [6.45, 7) is 2.17. The lowest BCUT2D eigenvalue weighted by molar-refractivity contribution is 0.0973. The zero-order valence-electron chi connectivity index (χ0n) is 18.5. The van der Waals surface area contributed by atoms with Crippen molar-refractivity contribution in [1.82, 2.24) is 19.8 Å². The van der Waals surface area contributed by atoms with Gasteiger partial charge in [-0.25, -0.2) is 9.37 Å². The lowest BCUT2D eigenvalue weighted by Gasteiger charge is -2.22. The Balaban J connectivity index is 1.60. The summed E-state index contributed by atoms with van der Waals surface area (Å²) < 4.78 is 14.6. The lowest BCUT2D eigenvalue weighted by atomic mass is 10.1. The number of likely N-dealkylation sites (N-methyl/N-ethyl adjacent to an activating group) is 1. The van der Waals surface area contributed by atoms with Crippen LogP contribution >= 0.6 is 0 Å². The summed E-state index contributed by atoms with van der Waals surface area (Å²) in [7, 11) is 1.96. The van der Waals surface area contributed by atoms with E-state index in [9.17, 15) is 19.1 Å². The molecule has 7 nitrogen and oxygen atoms in total. The summed E-state index contributed by atoms with van der Waals surface area (Å²) in [5.41, 5.74) is 1.07. The van der Waals surface area contributed by atoms with Crippen LogP contribution in [0.4, 0.5) is 4.39 Å². The number of hydrogen-bond donors (Lipinski definition) is 2. The molecule has 1 aromatic heterocycles. The molecule has 2 N–H and O–H groups in total. The van der Waals surface area contributed by atoms with Crippen molar-refractivity contribution in [3.8, 4) is 5.75 Å². The van der Waals surface area contributed by atoms with E-state index in [0.29, 0.717) is 38.4 Å². The molecule has 1 atom stereocenters. The van der Waals surface area contributed by atoms with Crippen LogP contribution in [-0.4, -0.2) is 45.5 Å². The maximum Gasteiger partial charge on any atom is 0.296 e. The monoisotopic (exact) mass is 450 g/mol. The van der Waals surface area contributed by atoms with Crippen LogP contribution < -0.4 is 10.9 Å². The number of Topliss-reactive ketones (excluding diaryl/α,β-unsaturated/α-hetero) is 1. The molecule has 0 radical (unpaired) electrons. The molecule has 0 saturated heterocycles. The number of hydrogen-bond acceptors (Lipinski definition) is 6. The van der Waals surface area contributed by atoms with Crippen molar-refractivity contribution in [2.75, 3.05) is 20.1 Å². The molecule has 0 amide bonds. The molecule has 1 aliphatic heterocycles.